The molecule has 0 spiro atoms. The van der Waals surface area contributed by atoms with Crippen LogP contribution in [0.1, 0.15) is 31.2 Å². The van der Waals surface area contributed by atoms with Crippen molar-refractivity contribution in [3.05, 3.63) is 42.0 Å². The van der Waals surface area contributed by atoms with E-state index in [0.717, 1.165) is 63.0 Å². The van der Waals surface area contributed by atoms with Gasteiger partial charge < -0.3 is 19.9 Å². The van der Waals surface area contributed by atoms with Crippen LogP contribution in [-0.4, -0.2) is 47.5 Å². The molecule has 0 aliphatic carbocycles. The van der Waals surface area contributed by atoms with Crippen molar-refractivity contribution < 1.29 is 4.74 Å². The molecule has 1 aromatic heterocycles. The summed E-state index contributed by atoms with van der Waals surface area (Å²) in [6, 6.07) is 8.16. The molecule has 0 fully saturated rings. The summed E-state index contributed by atoms with van der Waals surface area (Å²) in [6.45, 7) is 7.35. The normalized spacial score (nSPS) is 11.0. The third-order valence-electron chi connectivity index (χ3n) is 4.03. The first-order chi connectivity index (χ1) is 12.7. The summed E-state index contributed by atoms with van der Waals surface area (Å²) in [5, 5.41) is 14.7. The van der Waals surface area contributed by atoms with Crippen molar-refractivity contribution in [2.24, 2.45) is 4.99 Å². The molecule has 8 heteroatoms. The van der Waals surface area contributed by atoms with Crippen LogP contribution in [0.5, 0.6) is 5.75 Å². The van der Waals surface area contributed by atoms with E-state index in [1.165, 1.54) is 5.56 Å². The standard InChI is InChI=1S/C19H30N6O.HI/c1-4-18-24-23-15-25(18)13-12-22-19(20-3)21-11-5-6-14-26-17-9-7-16(2)8-10-17;/h7-10,15H,4-6,11-14H2,1-3H3,(H2,20,21,22);1H. The Balaban J connectivity index is 0.00000364. The molecule has 0 amide bonds. The van der Waals surface area contributed by atoms with E-state index in [0.29, 0.717) is 0 Å². The summed E-state index contributed by atoms with van der Waals surface area (Å²) in [5.41, 5.74) is 1.25. The van der Waals surface area contributed by atoms with E-state index < -0.39 is 0 Å². The predicted octanol–water partition coefficient (Wildman–Crippen LogP) is 2.79. The van der Waals surface area contributed by atoms with E-state index in [1.807, 2.05) is 12.1 Å². The lowest BCUT2D eigenvalue weighted by molar-refractivity contribution is 0.307. The molecule has 27 heavy (non-hydrogen) atoms. The number of unbranched alkanes of at least 4 members (excludes halogenated alkanes) is 1. The van der Waals surface area contributed by atoms with Gasteiger partial charge in [-0.2, -0.15) is 0 Å². The van der Waals surface area contributed by atoms with Gasteiger partial charge in [0.15, 0.2) is 5.96 Å². The van der Waals surface area contributed by atoms with Crippen molar-refractivity contribution in [1.29, 1.82) is 0 Å². The third-order valence-corrected chi connectivity index (χ3v) is 4.03. The van der Waals surface area contributed by atoms with Crippen molar-refractivity contribution in [2.75, 3.05) is 26.7 Å². The lowest BCUT2D eigenvalue weighted by Crippen LogP contribution is -2.39. The van der Waals surface area contributed by atoms with Crippen LogP contribution in [0.4, 0.5) is 0 Å². The Morgan fingerprint density at radius 2 is 1.89 bits per heavy atom. The molecule has 0 aliphatic rings. The van der Waals surface area contributed by atoms with E-state index in [9.17, 15) is 0 Å². The molecule has 7 nitrogen and oxygen atoms in total. The second-order valence-corrected chi connectivity index (χ2v) is 6.09. The van der Waals surface area contributed by atoms with E-state index in [1.54, 1.807) is 13.4 Å². The smallest absolute Gasteiger partial charge is 0.191 e. The molecule has 1 heterocycles. The van der Waals surface area contributed by atoms with E-state index >= 15 is 0 Å². The minimum atomic E-state index is 0. The predicted molar refractivity (Wildman–Crippen MR) is 120 cm³/mol. The van der Waals surface area contributed by atoms with Gasteiger partial charge in [-0.3, -0.25) is 4.99 Å². The maximum absolute atomic E-state index is 5.73. The van der Waals surface area contributed by atoms with Crippen LogP contribution in [0, 0.1) is 6.92 Å². The zero-order valence-electron chi connectivity index (χ0n) is 16.4. The maximum Gasteiger partial charge on any atom is 0.191 e. The fourth-order valence-corrected chi connectivity index (χ4v) is 2.51. The number of hydrogen-bond acceptors (Lipinski definition) is 4. The second kappa shape index (κ2) is 13.3. The van der Waals surface area contributed by atoms with Gasteiger partial charge in [-0.1, -0.05) is 24.6 Å². The van der Waals surface area contributed by atoms with E-state index in [4.69, 9.17) is 4.74 Å². The Morgan fingerprint density at radius 3 is 2.59 bits per heavy atom. The number of benzene rings is 1. The fraction of sp³-hybridized carbons (Fsp3) is 0.526. The van der Waals surface area contributed by atoms with Crippen molar-refractivity contribution in [3.63, 3.8) is 0 Å². The molecule has 0 saturated heterocycles. The molecule has 2 aromatic rings. The molecule has 2 rings (SSSR count). The highest BCUT2D eigenvalue weighted by Crippen LogP contribution is 2.11. The van der Waals surface area contributed by atoms with Crippen molar-refractivity contribution >= 4 is 29.9 Å². The second-order valence-electron chi connectivity index (χ2n) is 6.09. The Morgan fingerprint density at radius 1 is 1.15 bits per heavy atom. The first-order valence-electron chi connectivity index (χ1n) is 9.23. The van der Waals surface area contributed by atoms with Crippen LogP contribution in [0.2, 0.25) is 0 Å². The molecular weight excluding hydrogens is 455 g/mol. The van der Waals surface area contributed by atoms with Crippen LogP contribution in [0.25, 0.3) is 0 Å². The van der Waals surface area contributed by atoms with Crippen LogP contribution in [-0.2, 0) is 13.0 Å². The Labute approximate surface area is 179 Å². The molecular formula is C19H31IN6O. The average Bonchev–Trinajstić information content (AvgIpc) is 3.12. The van der Waals surface area contributed by atoms with Crippen LogP contribution in [0.15, 0.2) is 35.6 Å². The number of aryl methyl sites for hydroxylation is 2. The quantitative estimate of drug-likeness (QED) is 0.234. The zero-order chi connectivity index (χ0) is 18.6. The van der Waals surface area contributed by atoms with E-state index in [-0.39, 0.29) is 24.0 Å². The molecule has 0 bridgehead atoms. The Hall–Kier alpha value is -1.84. The van der Waals surface area contributed by atoms with Gasteiger partial charge in [0.05, 0.1) is 6.61 Å². The first kappa shape index (κ1) is 23.2. The molecule has 0 atom stereocenters. The van der Waals surface area contributed by atoms with Gasteiger partial charge in [0.1, 0.15) is 17.9 Å². The highest BCUT2D eigenvalue weighted by Gasteiger charge is 2.02. The van der Waals surface area contributed by atoms with Crippen molar-refractivity contribution in [1.82, 2.24) is 25.4 Å². The molecule has 0 radical (unpaired) electrons. The third kappa shape index (κ3) is 8.59. The molecule has 150 valence electrons. The monoisotopic (exact) mass is 486 g/mol. The SMILES string of the molecule is CCc1nncn1CCNC(=NC)NCCCCOc1ccc(C)cc1.I. The fourth-order valence-electron chi connectivity index (χ4n) is 2.51. The number of hydrogen-bond donors (Lipinski definition) is 2. The minimum absolute atomic E-state index is 0. The van der Waals surface area contributed by atoms with Crippen LogP contribution >= 0.6 is 24.0 Å². The van der Waals surface area contributed by atoms with Gasteiger partial charge in [-0.25, -0.2) is 0 Å². The summed E-state index contributed by atoms with van der Waals surface area (Å²) in [7, 11) is 1.78. The number of halogens is 1. The van der Waals surface area contributed by atoms with Gasteiger partial charge in [0.25, 0.3) is 0 Å². The minimum Gasteiger partial charge on any atom is -0.494 e. The highest BCUT2D eigenvalue weighted by atomic mass is 127. The largest absolute Gasteiger partial charge is 0.494 e. The Kier molecular flexibility index (Phi) is 11.5. The summed E-state index contributed by atoms with van der Waals surface area (Å²) in [4.78, 5) is 4.25. The van der Waals surface area contributed by atoms with Crippen molar-refractivity contribution in [3.8, 4) is 5.75 Å². The molecule has 0 unspecified atom stereocenters. The number of nitrogens with one attached hydrogen (secondary N) is 2. The number of guanidine groups is 1. The molecule has 1 aromatic carbocycles. The molecule has 0 aliphatic heterocycles. The number of aliphatic imine (C=N–C) groups is 1. The molecule has 0 saturated carbocycles. The summed E-state index contributed by atoms with van der Waals surface area (Å²) in [5.74, 6) is 2.75. The van der Waals surface area contributed by atoms with Crippen LogP contribution in [0.3, 0.4) is 0 Å². The van der Waals surface area contributed by atoms with Crippen LogP contribution < -0.4 is 15.4 Å². The number of rotatable bonds is 10. The van der Waals surface area contributed by atoms with Gasteiger partial charge >= 0.3 is 0 Å². The summed E-state index contributed by atoms with van der Waals surface area (Å²) >= 11 is 0. The van der Waals surface area contributed by atoms with E-state index in [2.05, 4.69) is 56.4 Å². The number of aromatic nitrogens is 3. The van der Waals surface area contributed by atoms with Gasteiger partial charge in [0.2, 0.25) is 0 Å². The lowest BCUT2D eigenvalue weighted by Gasteiger charge is -2.13. The lowest BCUT2D eigenvalue weighted by atomic mass is 10.2. The zero-order valence-corrected chi connectivity index (χ0v) is 18.8. The van der Waals surface area contributed by atoms with Gasteiger partial charge in [0, 0.05) is 33.1 Å². The van der Waals surface area contributed by atoms with Crippen molar-refractivity contribution in [2.45, 2.75) is 39.7 Å². The van der Waals surface area contributed by atoms with Gasteiger partial charge in [-0.15, -0.1) is 34.2 Å². The highest BCUT2D eigenvalue weighted by molar-refractivity contribution is 14.0. The summed E-state index contributed by atoms with van der Waals surface area (Å²) in [6.07, 6.45) is 4.68. The first-order valence-corrected chi connectivity index (χ1v) is 9.23. The topological polar surface area (TPSA) is 76.4 Å². The number of ether oxygens (including phenoxy) is 1. The molecule has 2 N–H and O–H groups in total. The Bertz CT molecular complexity index is 671. The van der Waals surface area contributed by atoms with Gasteiger partial charge in [-0.05, 0) is 31.9 Å². The average molecular weight is 486 g/mol. The maximum atomic E-state index is 5.73. The summed E-state index contributed by atoms with van der Waals surface area (Å²) < 4.78 is 7.79. The number of nitrogens with zero attached hydrogens (tertiary/aromatic N) is 4.